The van der Waals surface area contributed by atoms with Gasteiger partial charge in [0.25, 0.3) is 0 Å². The average Bonchev–Trinajstić information content (AvgIpc) is 3.56. The number of carbonyl (C=O) groups excluding carboxylic acids is 2. The molecule has 4 heterocycles. The maximum absolute atomic E-state index is 10.5. The van der Waals surface area contributed by atoms with Crippen LogP contribution in [0.25, 0.3) is 5.13 Å². The van der Waals surface area contributed by atoms with Gasteiger partial charge in [0, 0.05) is 39.5 Å². The smallest absolute Gasteiger partial charge is 0.195 e. The van der Waals surface area contributed by atoms with Crippen LogP contribution < -0.4 is 5.73 Å². The van der Waals surface area contributed by atoms with Crippen molar-refractivity contribution in [3.05, 3.63) is 44.6 Å². The molecule has 3 aromatic rings. The first kappa shape index (κ1) is 25.4. The van der Waals surface area contributed by atoms with E-state index in [1.807, 2.05) is 29.1 Å². The lowest BCUT2D eigenvalue weighted by Crippen LogP contribution is -2.13. The van der Waals surface area contributed by atoms with E-state index in [2.05, 4.69) is 9.97 Å². The van der Waals surface area contributed by atoms with E-state index in [1.54, 1.807) is 14.2 Å². The van der Waals surface area contributed by atoms with Gasteiger partial charge < -0.3 is 24.5 Å². The fourth-order valence-electron chi connectivity index (χ4n) is 2.27. The van der Waals surface area contributed by atoms with Crippen LogP contribution in [0.1, 0.15) is 32.2 Å². The van der Waals surface area contributed by atoms with E-state index >= 15 is 0 Å². The van der Waals surface area contributed by atoms with E-state index in [0.29, 0.717) is 32.6 Å². The minimum absolute atomic E-state index is 0.0463. The van der Waals surface area contributed by atoms with Gasteiger partial charge in [0.1, 0.15) is 9.75 Å². The second-order valence-corrected chi connectivity index (χ2v) is 8.52. The summed E-state index contributed by atoms with van der Waals surface area (Å²) in [5, 5.41) is 1.48. The number of carbonyl (C=O) groups is 2. The summed E-state index contributed by atoms with van der Waals surface area (Å²) in [5.74, 6) is 0. The van der Waals surface area contributed by atoms with Crippen LogP contribution in [0.5, 0.6) is 0 Å². The highest BCUT2D eigenvalue weighted by molar-refractivity contribution is 7.17. The van der Waals surface area contributed by atoms with Crippen LogP contribution >= 0.6 is 45.9 Å². The first-order chi connectivity index (χ1) is 14.9. The number of thiazole rings is 2. The molecule has 2 N–H and O–H groups in total. The Labute approximate surface area is 196 Å². The lowest BCUT2D eigenvalue weighted by molar-refractivity contribution is -0.185. The van der Waals surface area contributed by atoms with Crippen LogP contribution in [0.15, 0.2) is 24.5 Å². The molecule has 0 aliphatic carbocycles. The van der Waals surface area contributed by atoms with Gasteiger partial charge in [-0.2, -0.15) is 0 Å². The molecule has 0 radical (unpaired) electrons. The topological polar surface area (TPSA) is 119 Å². The zero-order valence-electron chi connectivity index (χ0n) is 16.6. The average molecular weight is 507 g/mol. The highest BCUT2D eigenvalue weighted by Crippen LogP contribution is 2.24. The number of nitrogen functional groups attached to an aromatic ring is 1. The number of anilines is 1. The minimum atomic E-state index is -0.0463. The predicted octanol–water partition coefficient (Wildman–Crippen LogP) is 4.33. The summed E-state index contributed by atoms with van der Waals surface area (Å²) < 4.78 is 16.9. The van der Waals surface area contributed by atoms with Crippen molar-refractivity contribution < 1.29 is 23.8 Å². The number of hydrogen-bond acceptors (Lipinski definition) is 10. The van der Waals surface area contributed by atoms with Gasteiger partial charge in [-0.25, -0.2) is 9.97 Å². The Morgan fingerprint density at radius 3 is 1.90 bits per heavy atom. The first-order valence-electron chi connectivity index (χ1n) is 8.74. The molecule has 2 unspecified atom stereocenters. The van der Waals surface area contributed by atoms with Gasteiger partial charge in [-0.3, -0.25) is 9.59 Å². The van der Waals surface area contributed by atoms with Crippen molar-refractivity contribution in [3.8, 4) is 5.13 Å². The van der Waals surface area contributed by atoms with E-state index in [1.165, 1.54) is 11.3 Å². The van der Waals surface area contributed by atoms with Crippen molar-refractivity contribution in [2.75, 3.05) is 20.0 Å². The quantitative estimate of drug-likeness (QED) is 0.507. The Morgan fingerprint density at radius 1 is 1.03 bits per heavy atom. The van der Waals surface area contributed by atoms with Crippen LogP contribution in [0.3, 0.4) is 0 Å². The molecule has 3 aromatic heterocycles. The summed E-state index contributed by atoms with van der Waals surface area (Å²) >= 11 is 13.5. The second kappa shape index (κ2) is 12.9. The molecule has 1 aliphatic heterocycles. The Kier molecular flexibility index (Phi) is 10.5. The number of ether oxygens (including phenoxy) is 3. The Morgan fingerprint density at radius 2 is 1.55 bits per heavy atom. The molecule has 1 saturated heterocycles. The maximum Gasteiger partial charge on any atom is 0.195 e. The predicted molar refractivity (Wildman–Crippen MR) is 121 cm³/mol. The van der Waals surface area contributed by atoms with Crippen molar-refractivity contribution in [2.45, 2.75) is 25.4 Å². The van der Waals surface area contributed by atoms with Crippen LogP contribution in [-0.4, -0.2) is 53.9 Å². The van der Waals surface area contributed by atoms with Gasteiger partial charge in [-0.1, -0.05) is 45.9 Å². The largest absolute Gasteiger partial charge is 0.375 e. The van der Waals surface area contributed by atoms with Gasteiger partial charge in [-0.05, 0) is 12.1 Å². The first-order valence-corrected chi connectivity index (χ1v) is 11.1. The monoisotopic (exact) mass is 506 g/mol. The molecule has 0 aromatic carbocycles. The van der Waals surface area contributed by atoms with Gasteiger partial charge in [0.2, 0.25) is 0 Å². The summed E-state index contributed by atoms with van der Waals surface area (Å²) in [4.78, 5) is 29.1. The molecule has 0 saturated carbocycles. The molecule has 1 aliphatic rings. The molecule has 0 spiro atoms. The standard InChI is InChI=1S/C8H5ClN2OS.C6H12O3.C4H3ClN2OS/c9-7-6(5-12)13-8(10-7)11-3-1-2-4-11;1-7-5-3-4-6(8-2)9-5;5-3-2(1-8)9-4(6)7-3/h1-5H;5-6H,3-4H2,1-2H3;1H,(H2,6,7). The number of hydrogen-bond donors (Lipinski definition) is 1. The Hall–Kier alpha value is -1.86. The summed E-state index contributed by atoms with van der Waals surface area (Å²) in [6.45, 7) is 0. The lowest BCUT2D eigenvalue weighted by Gasteiger charge is -2.09. The number of nitrogens with two attached hydrogens (primary N) is 1. The Bertz CT molecular complexity index is 954. The van der Waals surface area contributed by atoms with Gasteiger partial charge >= 0.3 is 0 Å². The minimum Gasteiger partial charge on any atom is -0.375 e. The van der Waals surface area contributed by atoms with Crippen molar-refractivity contribution in [1.82, 2.24) is 14.5 Å². The zero-order valence-corrected chi connectivity index (χ0v) is 19.7. The third kappa shape index (κ3) is 7.65. The molecule has 1 fully saturated rings. The van der Waals surface area contributed by atoms with E-state index in [-0.39, 0.29) is 22.9 Å². The second-order valence-electron chi connectivity index (χ2n) is 5.73. The number of aldehydes is 2. The van der Waals surface area contributed by atoms with Gasteiger partial charge in [-0.15, -0.1) is 0 Å². The summed E-state index contributed by atoms with van der Waals surface area (Å²) in [7, 11) is 3.28. The maximum atomic E-state index is 10.5. The third-order valence-corrected chi connectivity index (χ3v) is 6.34. The summed E-state index contributed by atoms with van der Waals surface area (Å²) in [6, 6.07) is 3.77. The molecule has 4 rings (SSSR count). The highest BCUT2D eigenvalue weighted by atomic mass is 35.5. The number of rotatable bonds is 5. The van der Waals surface area contributed by atoms with Crippen LogP contribution in [-0.2, 0) is 14.2 Å². The normalized spacial score (nSPS) is 17.3. The number of halogens is 2. The molecular formula is C18H20Cl2N4O5S2. The van der Waals surface area contributed by atoms with Crippen LogP contribution in [0.2, 0.25) is 10.3 Å². The molecule has 31 heavy (non-hydrogen) atoms. The molecule has 9 nitrogen and oxygen atoms in total. The van der Waals surface area contributed by atoms with Crippen LogP contribution in [0.4, 0.5) is 5.13 Å². The van der Waals surface area contributed by atoms with E-state index in [4.69, 9.17) is 43.1 Å². The number of aromatic nitrogens is 3. The fourth-order valence-corrected chi connectivity index (χ4v) is 4.14. The summed E-state index contributed by atoms with van der Waals surface area (Å²) in [5.41, 5.74) is 5.22. The zero-order chi connectivity index (χ0) is 22.8. The van der Waals surface area contributed by atoms with Crippen molar-refractivity contribution in [2.24, 2.45) is 0 Å². The lowest BCUT2D eigenvalue weighted by atomic mass is 10.3. The molecule has 168 valence electrons. The highest BCUT2D eigenvalue weighted by Gasteiger charge is 2.23. The third-order valence-electron chi connectivity index (χ3n) is 3.73. The van der Waals surface area contributed by atoms with Crippen molar-refractivity contribution in [1.29, 1.82) is 0 Å². The fraction of sp³-hybridized carbons (Fsp3) is 0.333. The van der Waals surface area contributed by atoms with Gasteiger partial charge in [0.15, 0.2) is 45.7 Å². The SMILES string of the molecule is COC1CCC(OC)O1.Nc1nc(Cl)c(C=O)s1.O=Cc1sc(-n2cccc2)nc1Cl. The van der Waals surface area contributed by atoms with E-state index in [9.17, 15) is 9.59 Å². The number of nitrogens with zero attached hydrogens (tertiary/aromatic N) is 3. The molecular weight excluding hydrogens is 487 g/mol. The van der Waals surface area contributed by atoms with Gasteiger partial charge in [0.05, 0.1) is 0 Å². The van der Waals surface area contributed by atoms with E-state index < -0.39 is 0 Å². The molecule has 13 heteroatoms. The van der Waals surface area contributed by atoms with Crippen molar-refractivity contribution in [3.63, 3.8) is 0 Å². The summed E-state index contributed by atoms with van der Waals surface area (Å²) in [6.07, 6.45) is 6.84. The molecule has 0 amide bonds. The Balaban J connectivity index is 0.000000170. The molecule has 2 atom stereocenters. The number of methoxy groups -OCH3 is 2. The van der Waals surface area contributed by atoms with Crippen molar-refractivity contribution >= 4 is 63.6 Å². The molecule has 0 bridgehead atoms. The van der Waals surface area contributed by atoms with E-state index in [0.717, 1.165) is 24.2 Å². The van der Waals surface area contributed by atoms with Crippen LogP contribution in [0, 0.1) is 0 Å².